The number of aromatic amines is 1. The van der Waals surface area contributed by atoms with Crippen LogP contribution in [-0.4, -0.2) is 41.5 Å². The number of hydrogen-bond donors (Lipinski definition) is 3. The third kappa shape index (κ3) is 5.75. The van der Waals surface area contributed by atoms with Gasteiger partial charge in [-0.2, -0.15) is 9.47 Å². The molecule has 0 bridgehead atoms. The van der Waals surface area contributed by atoms with E-state index >= 15 is 0 Å². The van der Waals surface area contributed by atoms with Crippen LogP contribution in [0, 0.1) is 6.92 Å². The predicted octanol–water partition coefficient (Wildman–Crippen LogP) is 4.52. The second-order valence-electron chi connectivity index (χ2n) is 7.84. The first-order valence-corrected chi connectivity index (χ1v) is 12.1. The van der Waals surface area contributed by atoms with Crippen molar-refractivity contribution in [1.29, 1.82) is 0 Å². The number of esters is 1. The first kappa shape index (κ1) is 24.1. The second-order valence-corrected chi connectivity index (χ2v) is 8.64. The van der Waals surface area contributed by atoms with E-state index in [1.807, 2.05) is 55.1 Å². The van der Waals surface area contributed by atoms with Gasteiger partial charge in [0.15, 0.2) is 17.3 Å². The second kappa shape index (κ2) is 11.0. The zero-order valence-corrected chi connectivity index (χ0v) is 20.9. The normalized spacial score (nSPS) is 12.8. The Morgan fingerprint density at radius 3 is 2.83 bits per heavy atom. The summed E-state index contributed by atoms with van der Waals surface area (Å²) in [6.45, 7) is 8.46. The van der Waals surface area contributed by atoms with Crippen molar-refractivity contribution in [2.75, 3.05) is 11.9 Å². The highest BCUT2D eigenvalue weighted by atomic mass is 32.1. The summed E-state index contributed by atoms with van der Waals surface area (Å²) in [6.07, 6.45) is 12.7. The van der Waals surface area contributed by atoms with Crippen LogP contribution in [0.25, 0.3) is 16.9 Å². The van der Waals surface area contributed by atoms with Gasteiger partial charge >= 0.3 is 5.97 Å². The molecule has 1 aliphatic rings. The van der Waals surface area contributed by atoms with Gasteiger partial charge in [-0.3, -0.25) is 14.3 Å². The van der Waals surface area contributed by atoms with E-state index < -0.39 is 0 Å². The Hall–Kier alpha value is -3.99. The van der Waals surface area contributed by atoms with Gasteiger partial charge in [-0.05, 0) is 37.9 Å². The molecule has 11 heteroatoms. The third-order valence-electron chi connectivity index (χ3n) is 5.18. The molecule has 0 unspecified atom stereocenters. The molecule has 10 nitrogen and oxygen atoms in total. The van der Waals surface area contributed by atoms with Gasteiger partial charge in [0, 0.05) is 36.5 Å². The predicted molar refractivity (Wildman–Crippen MR) is 136 cm³/mol. The highest BCUT2D eigenvalue weighted by Crippen LogP contribution is 2.27. The molecule has 0 radical (unpaired) electrons. The van der Waals surface area contributed by atoms with Crippen molar-refractivity contribution in [2.45, 2.75) is 40.5 Å². The summed E-state index contributed by atoms with van der Waals surface area (Å²) in [5, 5.41) is 14.1. The minimum atomic E-state index is -0.202. The third-order valence-corrected chi connectivity index (χ3v) is 5.92. The summed E-state index contributed by atoms with van der Waals surface area (Å²) < 4.78 is 11.4. The van der Waals surface area contributed by atoms with E-state index in [0.717, 1.165) is 57.7 Å². The molecule has 1 aliphatic heterocycles. The molecule has 4 aromatic heterocycles. The number of imidazole rings is 1. The summed E-state index contributed by atoms with van der Waals surface area (Å²) in [7, 11) is 0. The molecule has 0 aromatic carbocycles. The smallest absolute Gasteiger partial charge is 0.312 e. The van der Waals surface area contributed by atoms with Gasteiger partial charge in [0.2, 0.25) is 0 Å². The molecule has 0 aliphatic carbocycles. The molecule has 0 saturated carbocycles. The largest absolute Gasteiger partial charge is 0.410 e. The zero-order chi connectivity index (χ0) is 24.8. The van der Waals surface area contributed by atoms with Crippen molar-refractivity contribution in [1.82, 2.24) is 34.3 Å². The number of carbonyl (C=O) groups is 1. The van der Waals surface area contributed by atoms with Gasteiger partial charge in [-0.15, -0.1) is 0 Å². The Bertz CT molecular complexity index is 1370. The minimum Gasteiger partial charge on any atom is -0.410 e. The fourth-order valence-corrected chi connectivity index (χ4v) is 4.08. The van der Waals surface area contributed by atoms with Crippen LogP contribution in [-0.2, 0) is 16.0 Å². The molecular formula is C24H28N8O2S. The Morgan fingerprint density at radius 2 is 2.14 bits per heavy atom. The quantitative estimate of drug-likeness (QED) is 0.336. The number of anilines is 2. The van der Waals surface area contributed by atoms with E-state index in [-0.39, 0.29) is 5.97 Å². The first-order chi connectivity index (χ1) is 17.0. The van der Waals surface area contributed by atoms with Gasteiger partial charge in [0.05, 0.1) is 29.5 Å². The Kier molecular flexibility index (Phi) is 7.56. The Balaban J connectivity index is 0.000000204. The lowest BCUT2D eigenvalue weighted by atomic mass is 10.2. The van der Waals surface area contributed by atoms with Crippen LogP contribution in [0.5, 0.6) is 0 Å². The van der Waals surface area contributed by atoms with E-state index in [4.69, 9.17) is 4.74 Å². The van der Waals surface area contributed by atoms with Crippen LogP contribution in [0.3, 0.4) is 0 Å². The lowest BCUT2D eigenvalue weighted by Gasteiger charge is -2.14. The van der Waals surface area contributed by atoms with Crippen molar-refractivity contribution >= 4 is 34.0 Å². The standard InChI is InChI=1S/C15H15N7S.C9H13NO2/c1-3-11-4-13(23-21-11)20-14-15-16-7-12(10-5-17-18-6-10)22(15)8-9(2)19-14;1-3-8(11)12-9-7(2)5-4-6-10-9/h4-8H,3H2,1-2H3,(H,17,18)(H,19,20);4-5,10H,3,6H2,1-2H3. The molecule has 4 aromatic rings. The van der Waals surface area contributed by atoms with Gasteiger partial charge in [-0.25, -0.2) is 9.97 Å². The number of aromatic nitrogens is 6. The van der Waals surface area contributed by atoms with Gasteiger partial charge in [0.1, 0.15) is 5.00 Å². The van der Waals surface area contributed by atoms with Crippen LogP contribution in [0.4, 0.5) is 10.8 Å². The summed E-state index contributed by atoms with van der Waals surface area (Å²) in [6, 6.07) is 2.05. The van der Waals surface area contributed by atoms with Gasteiger partial charge < -0.3 is 15.4 Å². The molecule has 35 heavy (non-hydrogen) atoms. The molecule has 182 valence electrons. The number of nitrogens with zero attached hydrogens (tertiary/aromatic N) is 5. The molecule has 0 saturated heterocycles. The van der Waals surface area contributed by atoms with E-state index in [0.29, 0.717) is 12.3 Å². The Labute approximate surface area is 207 Å². The minimum absolute atomic E-state index is 0.202. The monoisotopic (exact) mass is 492 g/mol. The van der Waals surface area contributed by atoms with Crippen molar-refractivity contribution in [3.63, 3.8) is 0 Å². The lowest BCUT2D eigenvalue weighted by Crippen LogP contribution is -2.22. The van der Waals surface area contributed by atoms with E-state index in [2.05, 4.69) is 42.1 Å². The molecule has 3 N–H and O–H groups in total. The molecule has 5 heterocycles. The van der Waals surface area contributed by atoms with Gasteiger partial charge in [0.25, 0.3) is 0 Å². The molecular weight excluding hydrogens is 464 g/mol. The molecule has 0 atom stereocenters. The van der Waals surface area contributed by atoms with Crippen LogP contribution in [0.1, 0.15) is 38.6 Å². The number of fused-ring (bicyclic) bond motifs is 1. The van der Waals surface area contributed by atoms with E-state index in [1.54, 1.807) is 13.1 Å². The van der Waals surface area contributed by atoms with E-state index in [9.17, 15) is 4.79 Å². The summed E-state index contributed by atoms with van der Waals surface area (Å²) in [4.78, 5) is 20.0. The number of rotatable bonds is 6. The lowest BCUT2D eigenvalue weighted by molar-refractivity contribution is -0.139. The zero-order valence-electron chi connectivity index (χ0n) is 20.1. The number of carbonyl (C=O) groups excluding carboxylic acids is 1. The molecule has 0 fully saturated rings. The number of H-pyrrole nitrogens is 1. The number of dihydropyridines is 1. The first-order valence-electron chi connectivity index (χ1n) is 11.4. The molecule has 0 spiro atoms. The van der Waals surface area contributed by atoms with E-state index in [1.165, 1.54) is 11.5 Å². The topological polar surface area (TPSA) is 122 Å². The fraction of sp³-hybridized carbons (Fsp3) is 0.292. The number of hydrogen-bond acceptors (Lipinski definition) is 9. The highest BCUT2D eigenvalue weighted by Gasteiger charge is 2.13. The maximum absolute atomic E-state index is 10.9. The van der Waals surface area contributed by atoms with Crippen molar-refractivity contribution in [2.24, 2.45) is 0 Å². The summed E-state index contributed by atoms with van der Waals surface area (Å²) in [5.74, 6) is 1.11. The van der Waals surface area contributed by atoms with Crippen LogP contribution in [0.2, 0.25) is 0 Å². The number of allylic oxidation sites excluding steroid dienone is 2. The molecule has 0 amide bonds. The number of nitrogens with one attached hydrogen (secondary N) is 3. The van der Waals surface area contributed by atoms with Gasteiger partial charge in [-0.1, -0.05) is 26.0 Å². The van der Waals surface area contributed by atoms with Crippen LogP contribution < -0.4 is 10.6 Å². The number of ether oxygens (including phenoxy) is 1. The average Bonchev–Trinajstić information content (AvgIpc) is 3.61. The average molecular weight is 493 g/mol. The van der Waals surface area contributed by atoms with Crippen molar-refractivity contribution < 1.29 is 9.53 Å². The SMILES string of the molecule is CCC(=O)OC1=C(C)C=CCN1.CCc1cc(Nc2nc(C)cn3c(-c4cn[nH]c4)cnc23)sn1. The summed E-state index contributed by atoms with van der Waals surface area (Å²) >= 11 is 1.43. The highest BCUT2D eigenvalue weighted by molar-refractivity contribution is 7.10. The fourth-order valence-electron chi connectivity index (χ4n) is 3.36. The van der Waals surface area contributed by atoms with Crippen LogP contribution >= 0.6 is 11.5 Å². The van der Waals surface area contributed by atoms with Crippen molar-refractivity contribution in [3.05, 3.63) is 65.8 Å². The summed E-state index contributed by atoms with van der Waals surface area (Å²) in [5.41, 5.74) is 5.67. The maximum Gasteiger partial charge on any atom is 0.312 e. The number of aryl methyl sites for hydroxylation is 2. The maximum atomic E-state index is 10.9. The van der Waals surface area contributed by atoms with Crippen molar-refractivity contribution in [3.8, 4) is 11.3 Å². The Morgan fingerprint density at radius 1 is 1.29 bits per heavy atom. The molecule has 5 rings (SSSR count). The van der Waals surface area contributed by atoms with Crippen LogP contribution in [0.15, 0.2) is 54.5 Å².